The Hall–Kier alpha value is -0.970. The van der Waals surface area contributed by atoms with Gasteiger partial charge in [0.1, 0.15) is 5.69 Å². The zero-order valence-electron chi connectivity index (χ0n) is 6.52. The number of methoxy groups -OCH3 is 1. The summed E-state index contributed by atoms with van der Waals surface area (Å²) in [7, 11) is 1.22. The molecule has 72 valence electrons. The number of halogens is 4. The Morgan fingerprint density at radius 3 is 2.46 bits per heavy atom. The summed E-state index contributed by atoms with van der Waals surface area (Å²) >= 11 is 5.41. The number of hydrogen-bond acceptors (Lipinski definition) is 2. The SMILES string of the molecule is COc1cc(Cl)cc(C(F)(F)F)n1. The molecule has 0 radical (unpaired) electrons. The largest absolute Gasteiger partial charge is 0.481 e. The normalized spacial score (nSPS) is 11.5. The average Bonchev–Trinajstić information content (AvgIpc) is 2.01. The first-order valence-electron chi connectivity index (χ1n) is 3.22. The van der Waals surface area contributed by atoms with Crippen molar-refractivity contribution in [2.45, 2.75) is 6.18 Å². The maximum absolute atomic E-state index is 12.1. The molecule has 0 saturated carbocycles. The monoisotopic (exact) mass is 211 g/mol. The topological polar surface area (TPSA) is 22.1 Å². The third-order valence-electron chi connectivity index (χ3n) is 1.27. The zero-order valence-corrected chi connectivity index (χ0v) is 7.28. The molecule has 1 rings (SSSR count). The fraction of sp³-hybridized carbons (Fsp3) is 0.286. The maximum Gasteiger partial charge on any atom is 0.433 e. The second-order valence-electron chi connectivity index (χ2n) is 2.21. The van der Waals surface area contributed by atoms with Crippen molar-refractivity contribution in [3.8, 4) is 5.88 Å². The smallest absolute Gasteiger partial charge is 0.433 e. The molecule has 0 saturated heterocycles. The summed E-state index contributed by atoms with van der Waals surface area (Å²) < 4.78 is 40.9. The number of hydrogen-bond donors (Lipinski definition) is 0. The molecule has 0 bridgehead atoms. The van der Waals surface area contributed by atoms with Crippen molar-refractivity contribution in [3.63, 3.8) is 0 Å². The van der Waals surface area contributed by atoms with Crippen LogP contribution in [-0.2, 0) is 6.18 Å². The summed E-state index contributed by atoms with van der Waals surface area (Å²) in [4.78, 5) is 3.19. The minimum atomic E-state index is -4.50. The van der Waals surface area contributed by atoms with Crippen molar-refractivity contribution < 1.29 is 17.9 Å². The third-order valence-corrected chi connectivity index (χ3v) is 1.48. The van der Waals surface area contributed by atoms with E-state index in [1.807, 2.05) is 0 Å². The van der Waals surface area contributed by atoms with Crippen LogP contribution in [0.5, 0.6) is 5.88 Å². The summed E-state index contributed by atoms with van der Waals surface area (Å²) in [6.07, 6.45) is -4.50. The fourth-order valence-corrected chi connectivity index (χ4v) is 0.920. The van der Waals surface area contributed by atoms with Gasteiger partial charge in [0.25, 0.3) is 0 Å². The van der Waals surface area contributed by atoms with Gasteiger partial charge in [-0.1, -0.05) is 11.6 Å². The molecule has 0 unspecified atom stereocenters. The standard InChI is InChI=1S/C7H5ClF3NO/c1-13-6-3-4(8)2-5(12-6)7(9,10)11/h2-3H,1H3. The van der Waals surface area contributed by atoms with E-state index >= 15 is 0 Å². The molecule has 1 aromatic heterocycles. The van der Waals surface area contributed by atoms with Gasteiger partial charge in [-0.3, -0.25) is 0 Å². The molecular formula is C7H5ClF3NO. The molecule has 1 aromatic rings. The Labute approximate surface area is 77.3 Å². The first-order valence-corrected chi connectivity index (χ1v) is 3.60. The van der Waals surface area contributed by atoms with E-state index in [1.54, 1.807) is 0 Å². The van der Waals surface area contributed by atoms with Gasteiger partial charge in [-0.2, -0.15) is 13.2 Å². The number of pyridine rings is 1. The molecule has 1 heterocycles. The van der Waals surface area contributed by atoms with Gasteiger partial charge in [-0.05, 0) is 6.07 Å². The van der Waals surface area contributed by atoms with E-state index in [2.05, 4.69) is 9.72 Å². The highest BCUT2D eigenvalue weighted by molar-refractivity contribution is 6.30. The molecule has 0 N–H and O–H groups in total. The van der Waals surface area contributed by atoms with Gasteiger partial charge in [-0.25, -0.2) is 4.98 Å². The lowest BCUT2D eigenvalue weighted by atomic mass is 10.3. The van der Waals surface area contributed by atoms with Crippen LogP contribution in [-0.4, -0.2) is 12.1 Å². The average molecular weight is 212 g/mol. The van der Waals surface area contributed by atoms with Crippen molar-refractivity contribution in [1.29, 1.82) is 0 Å². The van der Waals surface area contributed by atoms with Gasteiger partial charge in [0.05, 0.1) is 7.11 Å². The van der Waals surface area contributed by atoms with Gasteiger partial charge < -0.3 is 4.74 Å². The first-order chi connectivity index (χ1) is 5.93. The lowest BCUT2D eigenvalue weighted by Crippen LogP contribution is -2.08. The van der Waals surface area contributed by atoms with E-state index in [4.69, 9.17) is 11.6 Å². The Morgan fingerprint density at radius 2 is 2.00 bits per heavy atom. The van der Waals surface area contributed by atoms with E-state index in [-0.39, 0.29) is 10.9 Å². The van der Waals surface area contributed by atoms with Crippen LogP contribution in [0.25, 0.3) is 0 Å². The summed E-state index contributed by atoms with van der Waals surface area (Å²) in [5.74, 6) is -0.153. The van der Waals surface area contributed by atoms with Crippen molar-refractivity contribution in [2.24, 2.45) is 0 Å². The zero-order chi connectivity index (χ0) is 10.1. The van der Waals surface area contributed by atoms with E-state index in [1.165, 1.54) is 13.2 Å². The summed E-state index contributed by atoms with van der Waals surface area (Å²) in [5.41, 5.74) is -1.06. The van der Waals surface area contributed by atoms with E-state index in [9.17, 15) is 13.2 Å². The molecular weight excluding hydrogens is 207 g/mol. The number of rotatable bonds is 1. The van der Waals surface area contributed by atoms with E-state index < -0.39 is 11.9 Å². The Morgan fingerprint density at radius 1 is 1.38 bits per heavy atom. The van der Waals surface area contributed by atoms with Crippen LogP contribution in [0.4, 0.5) is 13.2 Å². The summed E-state index contributed by atoms with van der Waals surface area (Å²) in [6.45, 7) is 0. The van der Waals surface area contributed by atoms with Crippen LogP contribution in [0.15, 0.2) is 12.1 Å². The lowest BCUT2D eigenvalue weighted by molar-refractivity contribution is -0.141. The van der Waals surface area contributed by atoms with Crippen molar-refractivity contribution in [2.75, 3.05) is 7.11 Å². The predicted molar refractivity (Wildman–Crippen MR) is 40.8 cm³/mol. The van der Waals surface area contributed by atoms with E-state index in [0.717, 1.165) is 6.07 Å². The van der Waals surface area contributed by atoms with Gasteiger partial charge >= 0.3 is 6.18 Å². The van der Waals surface area contributed by atoms with Crippen LogP contribution < -0.4 is 4.74 Å². The van der Waals surface area contributed by atoms with E-state index in [0.29, 0.717) is 0 Å². The molecule has 13 heavy (non-hydrogen) atoms. The molecule has 0 aliphatic rings. The molecule has 6 heteroatoms. The Kier molecular flexibility index (Phi) is 2.66. The molecule has 0 aliphatic heterocycles. The van der Waals surface area contributed by atoms with Crippen LogP contribution >= 0.6 is 11.6 Å². The summed E-state index contributed by atoms with van der Waals surface area (Å²) in [6, 6.07) is 1.95. The number of aromatic nitrogens is 1. The molecule has 0 aromatic carbocycles. The molecule has 0 spiro atoms. The lowest BCUT2D eigenvalue weighted by Gasteiger charge is -2.07. The predicted octanol–water partition coefficient (Wildman–Crippen LogP) is 2.76. The fourth-order valence-electron chi connectivity index (χ4n) is 0.723. The minimum absolute atomic E-state index is 0.0563. The second kappa shape index (κ2) is 3.41. The van der Waals surface area contributed by atoms with Crippen molar-refractivity contribution in [3.05, 3.63) is 22.8 Å². The quantitative estimate of drug-likeness (QED) is 0.713. The van der Waals surface area contributed by atoms with Gasteiger partial charge in [0.2, 0.25) is 5.88 Å². The molecule has 2 nitrogen and oxygen atoms in total. The van der Waals surface area contributed by atoms with Gasteiger partial charge in [-0.15, -0.1) is 0 Å². The van der Waals surface area contributed by atoms with Crippen molar-refractivity contribution >= 4 is 11.6 Å². The highest BCUT2D eigenvalue weighted by Gasteiger charge is 2.33. The highest BCUT2D eigenvalue weighted by atomic mass is 35.5. The second-order valence-corrected chi connectivity index (χ2v) is 2.65. The number of alkyl halides is 3. The minimum Gasteiger partial charge on any atom is -0.481 e. The van der Waals surface area contributed by atoms with Crippen LogP contribution in [0, 0.1) is 0 Å². The molecule has 0 fully saturated rings. The van der Waals surface area contributed by atoms with Crippen LogP contribution in [0.2, 0.25) is 5.02 Å². The van der Waals surface area contributed by atoms with Crippen LogP contribution in [0.1, 0.15) is 5.69 Å². The van der Waals surface area contributed by atoms with Crippen LogP contribution in [0.3, 0.4) is 0 Å². The highest BCUT2D eigenvalue weighted by Crippen LogP contribution is 2.31. The number of nitrogens with zero attached hydrogens (tertiary/aromatic N) is 1. The Balaban J connectivity index is 3.16. The summed E-state index contributed by atoms with van der Waals surface area (Å²) in [5, 5.41) is -0.0563. The van der Waals surface area contributed by atoms with Crippen molar-refractivity contribution in [1.82, 2.24) is 4.98 Å². The molecule has 0 aliphatic carbocycles. The van der Waals surface area contributed by atoms with Gasteiger partial charge in [0, 0.05) is 11.1 Å². The maximum atomic E-state index is 12.1. The molecule has 0 atom stereocenters. The first kappa shape index (κ1) is 10.1. The van der Waals surface area contributed by atoms with Gasteiger partial charge in [0.15, 0.2) is 0 Å². The number of ether oxygens (including phenoxy) is 1. The third kappa shape index (κ3) is 2.48. The molecule has 0 amide bonds. The Bertz CT molecular complexity index is 313.